The van der Waals surface area contributed by atoms with E-state index in [1.54, 1.807) is 0 Å². The molecule has 106 valence electrons. The SMILES string of the molecule is CN(C)c1ccc2c(OC3CCNCC3)nccc2c1. The third kappa shape index (κ3) is 2.70. The largest absolute Gasteiger partial charge is 0.474 e. The van der Waals surface area contributed by atoms with Gasteiger partial charge in [0.05, 0.1) is 0 Å². The van der Waals surface area contributed by atoms with Crippen LogP contribution in [0, 0.1) is 0 Å². The Morgan fingerprint density at radius 2 is 2.00 bits per heavy atom. The lowest BCUT2D eigenvalue weighted by atomic mass is 10.1. The molecule has 0 unspecified atom stereocenters. The van der Waals surface area contributed by atoms with Gasteiger partial charge in [0.1, 0.15) is 6.10 Å². The average molecular weight is 271 g/mol. The Labute approximate surface area is 119 Å². The number of anilines is 1. The Balaban J connectivity index is 1.90. The summed E-state index contributed by atoms with van der Waals surface area (Å²) >= 11 is 0. The number of piperidine rings is 1. The molecule has 1 fully saturated rings. The van der Waals surface area contributed by atoms with E-state index in [-0.39, 0.29) is 6.10 Å². The van der Waals surface area contributed by atoms with Crippen molar-refractivity contribution in [1.82, 2.24) is 10.3 Å². The van der Waals surface area contributed by atoms with Crippen LogP contribution in [0.4, 0.5) is 5.69 Å². The first-order valence-electron chi connectivity index (χ1n) is 7.17. The summed E-state index contributed by atoms with van der Waals surface area (Å²) in [6.07, 6.45) is 4.21. The smallest absolute Gasteiger partial charge is 0.221 e. The minimum absolute atomic E-state index is 0.280. The number of benzene rings is 1. The van der Waals surface area contributed by atoms with Crippen molar-refractivity contribution in [3.8, 4) is 5.88 Å². The van der Waals surface area contributed by atoms with Crippen molar-refractivity contribution in [2.75, 3.05) is 32.1 Å². The summed E-state index contributed by atoms with van der Waals surface area (Å²) in [5, 5.41) is 5.62. The van der Waals surface area contributed by atoms with Crippen molar-refractivity contribution in [3.63, 3.8) is 0 Å². The van der Waals surface area contributed by atoms with Gasteiger partial charge in [0.25, 0.3) is 0 Å². The van der Waals surface area contributed by atoms with Crippen LogP contribution in [0.15, 0.2) is 30.5 Å². The van der Waals surface area contributed by atoms with E-state index in [1.165, 1.54) is 11.1 Å². The Bertz CT molecular complexity index is 591. The molecule has 1 aromatic carbocycles. The van der Waals surface area contributed by atoms with Gasteiger partial charge >= 0.3 is 0 Å². The molecule has 2 aromatic rings. The normalized spacial score (nSPS) is 16.3. The lowest BCUT2D eigenvalue weighted by Gasteiger charge is -2.24. The molecule has 0 bridgehead atoms. The fourth-order valence-electron chi connectivity index (χ4n) is 2.58. The van der Waals surface area contributed by atoms with Gasteiger partial charge in [-0.1, -0.05) is 0 Å². The number of rotatable bonds is 3. The number of pyridine rings is 1. The van der Waals surface area contributed by atoms with Crippen LogP contribution >= 0.6 is 0 Å². The van der Waals surface area contributed by atoms with Crippen LogP contribution in [-0.4, -0.2) is 38.3 Å². The van der Waals surface area contributed by atoms with Gasteiger partial charge in [0, 0.05) is 31.4 Å². The summed E-state index contributed by atoms with van der Waals surface area (Å²) in [5.74, 6) is 0.764. The zero-order valence-electron chi connectivity index (χ0n) is 12.1. The van der Waals surface area contributed by atoms with Crippen LogP contribution in [0.5, 0.6) is 5.88 Å². The van der Waals surface area contributed by atoms with Crippen molar-refractivity contribution >= 4 is 16.5 Å². The van der Waals surface area contributed by atoms with Crippen LogP contribution < -0.4 is 15.0 Å². The number of hydrogen-bond acceptors (Lipinski definition) is 4. The molecule has 1 aliphatic heterocycles. The highest BCUT2D eigenvalue weighted by Crippen LogP contribution is 2.28. The molecule has 0 spiro atoms. The van der Waals surface area contributed by atoms with Crippen molar-refractivity contribution in [1.29, 1.82) is 0 Å². The molecule has 1 saturated heterocycles. The fraction of sp³-hybridized carbons (Fsp3) is 0.438. The van der Waals surface area contributed by atoms with Gasteiger partial charge in [0.2, 0.25) is 5.88 Å². The molecule has 4 nitrogen and oxygen atoms in total. The van der Waals surface area contributed by atoms with Crippen LogP contribution in [0.25, 0.3) is 10.8 Å². The molecule has 1 aliphatic rings. The Kier molecular flexibility index (Phi) is 3.74. The van der Waals surface area contributed by atoms with Crippen molar-refractivity contribution < 1.29 is 4.74 Å². The molecule has 20 heavy (non-hydrogen) atoms. The highest BCUT2D eigenvalue weighted by molar-refractivity contribution is 5.89. The van der Waals surface area contributed by atoms with Crippen molar-refractivity contribution in [2.24, 2.45) is 0 Å². The van der Waals surface area contributed by atoms with E-state index in [4.69, 9.17) is 4.74 Å². The molecule has 3 rings (SSSR count). The van der Waals surface area contributed by atoms with Gasteiger partial charge < -0.3 is 15.0 Å². The molecule has 0 atom stereocenters. The molecular formula is C16H21N3O. The molecule has 0 amide bonds. The van der Waals surface area contributed by atoms with Crippen molar-refractivity contribution in [2.45, 2.75) is 18.9 Å². The fourth-order valence-corrected chi connectivity index (χ4v) is 2.58. The minimum atomic E-state index is 0.280. The second-order valence-electron chi connectivity index (χ2n) is 5.48. The van der Waals surface area contributed by atoms with Crippen LogP contribution in [0.3, 0.4) is 0 Å². The topological polar surface area (TPSA) is 37.4 Å². The molecule has 1 N–H and O–H groups in total. The maximum absolute atomic E-state index is 6.10. The number of aromatic nitrogens is 1. The lowest BCUT2D eigenvalue weighted by Crippen LogP contribution is -2.34. The molecule has 0 saturated carbocycles. The van der Waals surface area contributed by atoms with Gasteiger partial charge in [-0.2, -0.15) is 0 Å². The van der Waals surface area contributed by atoms with E-state index in [0.717, 1.165) is 37.2 Å². The third-order valence-corrected chi connectivity index (χ3v) is 3.79. The number of nitrogens with one attached hydrogen (secondary N) is 1. The maximum Gasteiger partial charge on any atom is 0.221 e. The highest BCUT2D eigenvalue weighted by atomic mass is 16.5. The van der Waals surface area contributed by atoms with Crippen LogP contribution in [0.1, 0.15) is 12.8 Å². The molecular weight excluding hydrogens is 250 g/mol. The van der Waals surface area contributed by atoms with E-state index in [9.17, 15) is 0 Å². The number of hydrogen-bond donors (Lipinski definition) is 1. The van der Waals surface area contributed by atoms with Gasteiger partial charge in [-0.05, 0) is 55.6 Å². The second kappa shape index (κ2) is 5.67. The Morgan fingerprint density at radius 3 is 2.75 bits per heavy atom. The zero-order valence-corrected chi connectivity index (χ0v) is 12.1. The number of nitrogens with zero attached hydrogens (tertiary/aromatic N) is 2. The maximum atomic E-state index is 6.10. The number of ether oxygens (including phenoxy) is 1. The molecule has 0 aliphatic carbocycles. The Hall–Kier alpha value is -1.81. The van der Waals surface area contributed by atoms with E-state index >= 15 is 0 Å². The predicted octanol–water partition coefficient (Wildman–Crippen LogP) is 2.43. The summed E-state index contributed by atoms with van der Waals surface area (Å²) in [4.78, 5) is 6.52. The van der Waals surface area contributed by atoms with Crippen LogP contribution in [0.2, 0.25) is 0 Å². The second-order valence-corrected chi connectivity index (χ2v) is 5.48. The quantitative estimate of drug-likeness (QED) is 0.930. The van der Waals surface area contributed by atoms with E-state index in [1.807, 2.05) is 12.3 Å². The first kappa shape index (κ1) is 13.2. The monoisotopic (exact) mass is 271 g/mol. The molecule has 2 heterocycles. The van der Waals surface area contributed by atoms with Gasteiger partial charge in [-0.25, -0.2) is 4.98 Å². The summed E-state index contributed by atoms with van der Waals surface area (Å²) in [6, 6.07) is 8.43. The van der Waals surface area contributed by atoms with Gasteiger partial charge in [0.15, 0.2) is 0 Å². The summed E-state index contributed by atoms with van der Waals surface area (Å²) < 4.78 is 6.10. The van der Waals surface area contributed by atoms with Crippen LogP contribution in [-0.2, 0) is 0 Å². The summed E-state index contributed by atoms with van der Waals surface area (Å²) in [5.41, 5.74) is 1.19. The van der Waals surface area contributed by atoms with Gasteiger partial charge in [-0.15, -0.1) is 0 Å². The predicted molar refractivity (Wildman–Crippen MR) is 82.6 cm³/mol. The standard InChI is InChI=1S/C16H21N3O/c1-19(2)13-3-4-15-12(11-13)5-10-18-16(15)20-14-6-8-17-9-7-14/h3-5,10-11,14,17H,6-9H2,1-2H3. The lowest BCUT2D eigenvalue weighted by molar-refractivity contribution is 0.158. The average Bonchev–Trinajstić information content (AvgIpc) is 2.48. The van der Waals surface area contributed by atoms with E-state index in [2.05, 4.69) is 47.5 Å². The number of fused-ring (bicyclic) bond motifs is 1. The Morgan fingerprint density at radius 1 is 1.20 bits per heavy atom. The minimum Gasteiger partial charge on any atom is -0.474 e. The first-order valence-corrected chi connectivity index (χ1v) is 7.17. The van der Waals surface area contributed by atoms with Crippen molar-refractivity contribution in [3.05, 3.63) is 30.5 Å². The molecule has 4 heteroatoms. The summed E-state index contributed by atoms with van der Waals surface area (Å²) in [6.45, 7) is 2.06. The summed E-state index contributed by atoms with van der Waals surface area (Å²) in [7, 11) is 4.10. The van der Waals surface area contributed by atoms with Gasteiger partial charge in [-0.3, -0.25) is 0 Å². The highest BCUT2D eigenvalue weighted by Gasteiger charge is 2.16. The molecule has 0 radical (unpaired) electrons. The van der Waals surface area contributed by atoms with E-state index < -0.39 is 0 Å². The van der Waals surface area contributed by atoms with E-state index in [0.29, 0.717) is 0 Å². The first-order chi connectivity index (χ1) is 9.74. The third-order valence-electron chi connectivity index (χ3n) is 3.79. The molecule has 1 aromatic heterocycles. The zero-order chi connectivity index (χ0) is 13.9.